The summed E-state index contributed by atoms with van der Waals surface area (Å²) in [6.07, 6.45) is 0. The van der Waals surface area contributed by atoms with Gasteiger partial charge in [0, 0.05) is 17.8 Å². The number of rotatable bonds is 3. The summed E-state index contributed by atoms with van der Waals surface area (Å²) in [5.41, 5.74) is 4.96. The number of benzene rings is 2. The third-order valence-electron chi connectivity index (χ3n) is 2.47. The molecule has 0 aromatic heterocycles. The Hall–Kier alpha value is -1.98. The van der Waals surface area contributed by atoms with Crippen molar-refractivity contribution in [3.05, 3.63) is 51.8 Å². The van der Waals surface area contributed by atoms with Crippen LogP contribution in [-0.4, -0.2) is 11.1 Å². The van der Waals surface area contributed by atoms with Crippen molar-refractivity contribution in [2.45, 2.75) is 0 Å². The highest BCUT2D eigenvalue weighted by Gasteiger charge is 2.16. The number of aromatic carboxylic acids is 1. The molecule has 0 aliphatic carbocycles. The minimum absolute atomic E-state index is 0.0993. The molecule has 2 rings (SSSR count). The summed E-state index contributed by atoms with van der Waals surface area (Å²) in [6, 6.07) is 6.45. The number of carboxylic acids is 1. The Balaban J connectivity index is 2.46. The molecule has 0 unspecified atom stereocenters. The Morgan fingerprint density at radius 1 is 1.25 bits per heavy atom. The molecule has 0 saturated carbocycles. The summed E-state index contributed by atoms with van der Waals surface area (Å²) in [4.78, 5) is 11.0. The lowest BCUT2D eigenvalue weighted by molar-refractivity contribution is 0.0697. The van der Waals surface area contributed by atoms with E-state index in [2.05, 4.69) is 0 Å². The second kappa shape index (κ2) is 5.56. The van der Waals surface area contributed by atoms with Gasteiger partial charge in [-0.25, -0.2) is 9.18 Å². The zero-order valence-corrected chi connectivity index (χ0v) is 11.4. The maximum atomic E-state index is 13.7. The van der Waals surface area contributed by atoms with Gasteiger partial charge in [0.15, 0.2) is 11.6 Å². The molecule has 0 aliphatic rings. The highest BCUT2D eigenvalue weighted by atomic mass is 35.5. The maximum Gasteiger partial charge on any atom is 0.337 e. The van der Waals surface area contributed by atoms with Gasteiger partial charge in [-0.3, -0.25) is 0 Å². The number of hydrogen-bond donors (Lipinski definition) is 2. The molecule has 3 N–H and O–H groups in total. The lowest BCUT2D eigenvalue weighted by Crippen LogP contribution is -2.04. The summed E-state index contributed by atoms with van der Waals surface area (Å²) in [5, 5.41) is 9.27. The third kappa shape index (κ3) is 2.79. The number of halogens is 3. The normalized spacial score (nSPS) is 10.3. The number of nitrogen functional groups attached to an aromatic ring is 1. The summed E-state index contributed by atoms with van der Waals surface area (Å²) in [7, 11) is 0. The van der Waals surface area contributed by atoms with Gasteiger partial charge < -0.3 is 15.6 Å². The number of carboxylic acid groups (broad SMARTS) is 1. The van der Waals surface area contributed by atoms with E-state index in [0.29, 0.717) is 0 Å². The summed E-state index contributed by atoms with van der Waals surface area (Å²) >= 11 is 11.7. The van der Waals surface area contributed by atoms with Gasteiger partial charge in [0.25, 0.3) is 0 Å². The molecule has 0 spiro atoms. The highest BCUT2D eigenvalue weighted by Crippen LogP contribution is 2.36. The monoisotopic (exact) mass is 315 g/mol. The average Bonchev–Trinajstić information content (AvgIpc) is 2.37. The number of ether oxygens (including phenoxy) is 1. The van der Waals surface area contributed by atoms with Gasteiger partial charge in [0.1, 0.15) is 10.8 Å². The van der Waals surface area contributed by atoms with Crippen molar-refractivity contribution in [3.63, 3.8) is 0 Å². The fourth-order valence-corrected chi connectivity index (χ4v) is 1.84. The molecule has 0 aliphatic heterocycles. The van der Waals surface area contributed by atoms with Crippen molar-refractivity contribution in [1.29, 1.82) is 0 Å². The van der Waals surface area contributed by atoms with Crippen LogP contribution in [-0.2, 0) is 0 Å². The van der Waals surface area contributed by atoms with E-state index in [1.54, 1.807) is 12.1 Å². The Labute approximate surface area is 123 Å². The Morgan fingerprint density at radius 3 is 2.60 bits per heavy atom. The second-order valence-electron chi connectivity index (χ2n) is 3.83. The van der Waals surface area contributed by atoms with Crippen molar-refractivity contribution in [3.8, 4) is 11.5 Å². The molecule has 2 aromatic carbocycles. The van der Waals surface area contributed by atoms with E-state index in [0.717, 1.165) is 12.1 Å². The molecule has 20 heavy (non-hydrogen) atoms. The molecule has 7 heteroatoms. The van der Waals surface area contributed by atoms with Crippen LogP contribution in [0.15, 0.2) is 30.3 Å². The van der Waals surface area contributed by atoms with Crippen molar-refractivity contribution in [1.82, 2.24) is 0 Å². The first-order chi connectivity index (χ1) is 9.40. The summed E-state index contributed by atoms with van der Waals surface area (Å²) in [6.45, 7) is 0. The van der Waals surface area contributed by atoms with Crippen LogP contribution in [0, 0.1) is 5.82 Å². The van der Waals surface area contributed by atoms with Crippen molar-refractivity contribution < 1.29 is 19.0 Å². The largest absolute Gasteiger partial charge is 0.478 e. The fourth-order valence-electron chi connectivity index (χ4n) is 1.51. The van der Waals surface area contributed by atoms with Gasteiger partial charge >= 0.3 is 5.97 Å². The van der Waals surface area contributed by atoms with Gasteiger partial charge in [-0.1, -0.05) is 29.3 Å². The average molecular weight is 316 g/mol. The Bertz CT molecular complexity index is 692. The standard InChI is InChI=1S/C13H8Cl2FNO3/c14-7-2-1-3-10(12(7)15)20-11-4-6(13(18)19)9(17)5-8(11)16/h1-5H,17H2,(H,18,19). The molecular formula is C13H8Cl2FNO3. The molecule has 104 valence electrons. The van der Waals surface area contributed by atoms with E-state index < -0.39 is 11.8 Å². The van der Waals surface area contributed by atoms with Crippen LogP contribution in [0.4, 0.5) is 10.1 Å². The van der Waals surface area contributed by atoms with E-state index in [9.17, 15) is 9.18 Å². The quantitative estimate of drug-likeness (QED) is 0.832. The summed E-state index contributed by atoms with van der Waals surface area (Å²) < 4.78 is 19.0. The fraction of sp³-hybridized carbons (Fsp3) is 0. The lowest BCUT2D eigenvalue weighted by Gasteiger charge is -2.11. The van der Waals surface area contributed by atoms with E-state index in [4.69, 9.17) is 38.8 Å². The summed E-state index contributed by atoms with van der Waals surface area (Å²) in [5.74, 6) is -2.28. The van der Waals surface area contributed by atoms with Gasteiger partial charge in [-0.05, 0) is 12.1 Å². The van der Waals surface area contributed by atoms with E-state index in [1.165, 1.54) is 6.07 Å². The molecule has 4 nitrogen and oxygen atoms in total. The van der Waals surface area contributed by atoms with Gasteiger partial charge in [-0.15, -0.1) is 0 Å². The number of nitrogens with two attached hydrogens (primary N) is 1. The van der Waals surface area contributed by atoms with Crippen molar-refractivity contribution in [2.75, 3.05) is 5.73 Å². The van der Waals surface area contributed by atoms with Gasteiger partial charge in [0.2, 0.25) is 0 Å². The van der Waals surface area contributed by atoms with Crippen LogP contribution in [0.2, 0.25) is 10.0 Å². The van der Waals surface area contributed by atoms with E-state index >= 15 is 0 Å². The molecule has 0 atom stereocenters. The molecule has 0 heterocycles. The van der Waals surface area contributed by atoms with Crippen LogP contribution in [0.25, 0.3) is 0 Å². The van der Waals surface area contributed by atoms with E-state index in [1.807, 2.05) is 0 Å². The van der Waals surface area contributed by atoms with E-state index in [-0.39, 0.29) is 32.8 Å². The molecule has 0 radical (unpaired) electrons. The van der Waals surface area contributed by atoms with Crippen LogP contribution < -0.4 is 10.5 Å². The molecule has 0 saturated heterocycles. The minimum Gasteiger partial charge on any atom is -0.478 e. The first kappa shape index (κ1) is 14.4. The second-order valence-corrected chi connectivity index (χ2v) is 4.61. The first-order valence-electron chi connectivity index (χ1n) is 5.34. The van der Waals surface area contributed by atoms with Crippen LogP contribution in [0.3, 0.4) is 0 Å². The number of carbonyl (C=O) groups is 1. The molecule has 0 bridgehead atoms. The predicted octanol–water partition coefficient (Wildman–Crippen LogP) is 4.21. The Morgan fingerprint density at radius 2 is 1.95 bits per heavy atom. The Kier molecular flexibility index (Phi) is 4.01. The van der Waals surface area contributed by atoms with Crippen LogP contribution in [0.1, 0.15) is 10.4 Å². The zero-order chi connectivity index (χ0) is 14.9. The number of anilines is 1. The molecule has 2 aromatic rings. The smallest absolute Gasteiger partial charge is 0.337 e. The third-order valence-corrected chi connectivity index (χ3v) is 3.27. The SMILES string of the molecule is Nc1cc(F)c(Oc2cccc(Cl)c2Cl)cc1C(=O)O. The topological polar surface area (TPSA) is 72.5 Å². The first-order valence-corrected chi connectivity index (χ1v) is 6.10. The zero-order valence-electron chi connectivity index (χ0n) is 9.86. The minimum atomic E-state index is -1.29. The molecule has 0 amide bonds. The van der Waals surface area contributed by atoms with Crippen molar-refractivity contribution in [2.24, 2.45) is 0 Å². The van der Waals surface area contributed by atoms with Crippen molar-refractivity contribution >= 4 is 34.9 Å². The number of hydrogen-bond acceptors (Lipinski definition) is 3. The lowest BCUT2D eigenvalue weighted by atomic mass is 10.1. The molecule has 0 fully saturated rings. The maximum absolute atomic E-state index is 13.7. The van der Waals surface area contributed by atoms with Crippen LogP contribution >= 0.6 is 23.2 Å². The van der Waals surface area contributed by atoms with Gasteiger partial charge in [-0.2, -0.15) is 0 Å². The van der Waals surface area contributed by atoms with Gasteiger partial charge in [0.05, 0.1) is 10.6 Å². The van der Waals surface area contributed by atoms with Crippen LogP contribution in [0.5, 0.6) is 11.5 Å². The molecular weight excluding hydrogens is 308 g/mol. The predicted molar refractivity (Wildman–Crippen MR) is 74.3 cm³/mol. The highest BCUT2D eigenvalue weighted by molar-refractivity contribution is 6.42.